The van der Waals surface area contributed by atoms with E-state index < -0.39 is 0 Å². The van der Waals surface area contributed by atoms with E-state index in [0.717, 1.165) is 5.92 Å². The Labute approximate surface area is 83.7 Å². The lowest BCUT2D eigenvalue weighted by Gasteiger charge is -2.04. The second-order valence-electron chi connectivity index (χ2n) is 4.19. The fourth-order valence-electron chi connectivity index (χ4n) is 1.55. The molecule has 0 bridgehead atoms. The van der Waals surface area contributed by atoms with Crippen molar-refractivity contribution in [3.8, 4) is 0 Å². The largest absolute Gasteiger partial charge is 0.103 e. The maximum Gasteiger partial charge on any atom is -0.0236 e. The third-order valence-corrected chi connectivity index (χ3v) is 2.23. The number of hydrogen-bond acceptors (Lipinski definition) is 0. The van der Waals surface area contributed by atoms with Crippen LogP contribution in [0.3, 0.4) is 0 Å². The Bertz CT molecular complexity index is 132. The summed E-state index contributed by atoms with van der Waals surface area (Å²) in [5.41, 5.74) is 1.17. The van der Waals surface area contributed by atoms with Crippen molar-refractivity contribution in [1.82, 2.24) is 0 Å². The molecular weight excluding hydrogens is 156 g/mol. The van der Waals surface area contributed by atoms with Crippen molar-refractivity contribution in [2.45, 2.75) is 52.4 Å². The second-order valence-corrected chi connectivity index (χ2v) is 4.19. The Morgan fingerprint density at radius 2 is 1.46 bits per heavy atom. The Morgan fingerprint density at radius 1 is 1.08 bits per heavy atom. The van der Waals surface area contributed by atoms with Gasteiger partial charge in [0.1, 0.15) is 0 Å². The minimum absolute atomic E-state index is 0.840. The lowest BCUT2D eigenvalue weighted by molar-refractivity contribution is 0.560. The highest BCUT2D eigenvalue weighted by atomic mass is 14.1. The topological polar surface area (TPSA) is 0 Å². The van der Waals surface area contributed by atoms with E-state index >= 15 is 0 Å². The molecule has 0 saturated heterocycles. The van der Waals surface area contributed by atoms with Crippen LogP contribution in [-0.2, 0) is 0 Å². The molecule has 1 aliphatic carbocycles. The van der Waals surface area contributed by atoms with Gasteiger partial charge in [0.25, 0.3) is 0 Å². The lowest BCUT2D eigenvalue weighted by Crippen LogP contribution is -1.91. The van der Waals surface area contributed by atoms with Crippen LogP contribution in [0.15, 0.2) is 24.8 Å². The molecule has 13 heavy (non-hydrogen) atoms. The van der Waals surface area contributed by atoms with E-state index in [1.165, 1.54) is 44.1 Å². The zero-order chi connectivity index (χ0) is 10.1. The fraction of sp³-hybridized carbons (Fsp3) is 0.692. The van der Waals surface area contributed by atoms with Crippen LogP contribution in [0.5, 0.6) is 0 Å². The van der Waals surface area contributed by atoms with Crippen molar-refractivity contribution in [1.29, 1.82) is 0 Å². The molecule has 0 aliphatic heterocycles. The van der Waals surface area contributed by atoms with Gasteiger partial charge in [-0.1, -0.05) is 37.3 Å². The van der Waals surface area contributed by atoms with Gasteiger partial charge in [0.15, 0.2) is 0 Å². The molecule has 0 spiro atoms. The van der Waals surface area contributed by atoms with Crippen molar-refractivity contribution in [2.75, 3.05) is 0 Å². The maximum absolute atomic E-state index is 3.83. The van der Waals surface area contributed by atoms with Crippen LogP contribution in [0.25, 0.3) is 0 Å². The second kappa shape index (κ2) is 8.10. The smallest absolute Gasteiger partial charge is 0.0236 e. The van der Waals surface area contributed by atoms with E-state index in [9.17, 15) is 0 Å². The van der Waals surface area contributed by atoms with Crippen LogP contribution < -0.4 is 0 Å². The van der Waals surface area contributed by atoms with Gasteiger partial charge in [0, 0.05) is 0 Å². The molecule has 1 aliphatic rings. The molecule has 0 N–H and O–H groups in total. The standard InChI is InChI=1S/C9H16.C4H8/c1-2-9-7-5-3-4-6-8-9;1-4(2)3/h2,9H,1,3-8H2;1H2,2-3H3. The first-order chi connectivity index (χ1) is 6.16. The van der Waals surface area contributed by atoms with Gasteiger partial charge >= 0.3 is 0 Å². The van der Waals surface area contributed by atoms with Gasteiger partial charge in [-0.25, -0.2) is 0 Å². The maximum atomic E-state index is 3.83. The first kappa shape index (κ1) is 12.5. The van der Waals surface area contributed by atoms with Crippen LogP contribution in [0.2, 0.25) is 0 Å². The minimum Gasteiger partial charge on any atom is -0.103 e. The van der Waals surface area contributed by atoms with Crippen molar-refractivity contribution < 1.29 is 0 Å². The molecule has 76 valence electrons. The summed E-state index contributed by atoms with van der Waals surface area (Å²) in [5.74, 6) is 0.840. The monoisotopic (exact) mass is 180 g/mol. The van der Waals surface area contributed by atoms with Crippen molar-refractivity contribution in [3.05, 3.63) is 24.8 Å². The Hall–Kier alpha value is -0.520. The third-order valence-electron chi connectivity index (χ3n) is 2.23. The van der Waals surface area contributed by atoms with Gasteiger partial charge < -0.3 is 0 Å². The fourth-order valence-corrected chi connectivity index (χ4v) is 1.55. The number of hydrogen-bond donors (Lipinski definition) is 0. The molecule has 0 amide bonds. The van der Waals surface area contributed by atoms with Crippen molar-refractivity contribution >= 4 is 0 Å². The van der Waals surface area contributed by atoms with E-state index in [2.05, 4.69) is 19.2 Å². The first-order valence-corrected chi connectivity index (χ1v) is 5.41. The molecule has 1 saturated carbocycles. The van der Waals surface area contributed by atoms with E-state index in [1.807, 2.05) is 13.8 Å². The van der Waals surface area contributed by atoms with Crippen LogP contribution in [0.4, 0.5) is 0 Å². The summed E-state index contributed by atoms with van der Waals surface area (Å²) in [6.45, 7) is 11.3. The van der Waals surface area contributed by atoms with Crippen LogP contribution in [0, 0.1) is 5.92 Å². The van der Waals surface area contributed by atoms with Crippen molar-refractivity contribution in [3.63, 3.8) is 0 Å². The van der Waals surface area contributed by atoms with E-state index in [1.54, 1.807) is 0 Å². The van der Waals surface area contributed by atoms with Crippen molar-refractivity contribution in [2.24, 2.45) is 5.92 Å². The molecule has 1 fully saturated rings. The van der Waals surface area contributed by atoms with Gasteiger partial charge in [-0.05, 0) is 32.6 Å². The SMILES string of the molecule is C=C(C)C.C=CC1CCCCCC1. The van der Waals surface area contributed by atoms with Gasteiger partial charge in [-0.15, -0.1) is 13.2 Å². The highest BCUT2D eigenvalue weighted by molar-refractivity contribution is 4.80. The molecule has 0 aromatic heterocycles. The van der Waals surface area contributed by atoms with Gasteiger partial charge in [-0.3, -0.25) is 0 Å². The van der Waals surface area contributed by atoms with Crippen LogP contribution in [-0.4, -0.2) is 0 Å². The zero-order valence-corrected chi connectivity index (χ0v) is 9.31. The molecule has 0 radical (unpaired) electrons. The summed E-state index contributed by atoms with van der Waals surface area (Å²) in [4.78, 5) is 0. The number of allylic oxidation sites excluding steroid dienone is 2. The molecule has 0 unspecified atom stereocenters. The third kappa shape index (κ3) is 9.39. The van der Waals surface area contributed by atoms with E-state index in [-0.39, 0.29) is 0 Å². The molecule has 0 heterocycles. The first-order valence-electron chi connectivity index (χ1n) is 5.41. The quantitative estimate of drug-likeness (QED) is 0.404. The normalized spacial score (nSPS) is 18.0. The van der Waals surface area contributed by atoms with E-state index in [0.29, 0.717) is 0 Å². The molecule has 0 heteroatoms. The molecule has 0 aromatic rings. The van der Waals surface area contributed by atoms with Gasteiger partial charge in [0.05, 0.1) is 0 Å². The summed E-state index contributed by atoms with van der Waals surface area (Å²) >= 11 is 0. The average Bonchev–Trinajstić information content (AvgIpc) is 2.30. The lowest BCUT2D eigenvalue weighted by atomic mass is 10.0. The Balaban J connectivity index is 0.000000310. The summed E-state index contributed by atoms with van der Waals surface area (Å²) < 4.78 is 0. The van der Waals surface area contributed by atoms with Crippen LogP contribution >= 0.6 is 0 Å². The van der Waals surface area contributed by atoms with Gasteiger partial charge in [0.2, 0.25) is 0 Å². The highest BCUT2D eigenvalue weighted by Crippen LogP contribution is 2.22. The molecule has 1 rings (SSSR count). The van der Waals surface area contributed by atoms with E-state index in [4.69, 9.17) is 0 Å². The van der Waals surface area contributed by atoms with Gasteiger partial charge in [-0.2, -0.15) is 0 Å². The minimum atomic E-state index is 0.840. The Morgan fingerprint density at radius 3 is 1.77 bits per heavy atom. The number of rotatable bonds is 1. The predicted octanol–water partition coefficient (Wildman–Crippen LogP) is 4.73. The molecule has 0 nitrogen and oxygen atoms in total. The molecule has 0 atom stereocenters. The molecular formula is C13H24. The predicted molar refractivity (Wildman–Crippen MR) is 61.9 cm³/mol. The highest BCUT2D eigenvalue weighted by Gasteiger charge is 2.06. The molecule has 0 aromatic carbocycles. The summed E-state index contributed by atoms with van der Waals surface area (Å²) in [7, 11) is 0. The zero-order valence-electron chi connectivity index (χ0n) is 9.31. The average molecular weight is 180 g/mol. The summed E-state index contributed by atoms with van der Waals surface area (Å²) in [6.07, 6.45) is 10.7. The summed E-state index contributed by atoms with van der Waals surface area (Å²) in [6, 6.07) is 0. The Kier molecular flexibility index (Phi) is 7.77. The summed E-state index contributed by atoms with van der Waals surface area (Å²) in [5, 5.41) is 0. The van der Waals surface area contributed by atoms with Crippen LogP contribution in [0.1, 0.15) is 52.4 Å².